The van der Waals surface area contributed by atoms with Gasteiger partial charge in [0.25, 0.3) is 0 Å². The Morgan fingerprint density at radius 3 is 2.38 bits per heavy atom. The molecule has 0 atom stereocenters. The first kappa shape index (κ1) is 18.1. The van der Waals surface area contributed by atoms with Gasteiger partial charge in [0, 0.05) is 5.56 Å². The summed E-state index contributed by atoms with van der Waals surface area (Å²) in [5.74, 6) is 2.03. The summed E-state index contributed by atoms with van der Waals surface area (Å²) < 4.78 is 17.4. The first-order chi connectivity index (χ1) is 12.5. The Morgan fingerprint density at radius 1 is 1.00 bits per heavy atom. The fraction of sp³-hybridized carbons (Fsp3) is 0.318. The van der Waals surface area contributed by atoms with Crippen LogP contribution in [0, 0.1) is 13.8 Å². The molecule has 0 fully saturated rings. The van der Waals surface area contributed by atoms with E-state index in [0.717, 1.165) is 24.2 Å². The first-order valence-corrected chi connectivity index (χ1v) is 9.01. The molecule has 3 rings (SSSR count). The number of hydrogen-bond donors (Lipinski definition) is 0. The Balaban J connectivity index is 2.01. The molecule has 0 amide bonds. The highest BCUT2D eigenvalue weighted by Gasteiger charge is 2.17. The maximum absolute atomic E-state index is 12.9. The second-order valence-corrected chi connectivity index (χ2v) is 6.31. The normalized spacial score (nSPS) is 10.9. The molecule has 1 heterocycles. The van der Waals surface area contributed by atoms with Gasteiger partial charge in [-0.05, 0) is 57.0 Å². The number of aryl methyl sites for hydroxylation is 3. The van der Waals surface area contributed by atoms with Gasteiger partial charge in [-0.25, -0.2) is 0 Å². The van der Waals surface area contributed by atoms with E-state index in [-0.39, 0.29) is 11.2 Å². The zero-order chi connectivity index (χ0) is 18.7. The Bertz CT molecular complexity index is 968. The van der Waals surface area contributed by atoms with Crippen LogP contribution in [0.25, 0.3) is 11.0 Å². The lowest BCUT2D eigenvalue weighted by Crippen LogP contribution is -2.08. The van der Waals surface area contributed by atoms with Gasteiger partial charge in [0.05, 0.1) is 12.0 Å². The molecule has 0 radical (unpaired) electrons. The summed E-state index contributed by atoms with van der Waals surface area (Å²) in [6.07, 6.45) is 2.12. The highest BCUT2D eigenvalue weighted by atomic mass is 16.5. The maximum Gasteiger partial charge on any atom is 0.235 e. The van der Waals surface area contributed by atoms with Gasteiger partial charge in [-0.3, -0.25) is 4.79 Å². The third-order valence-corrected chi connectivity index (χ3v) is 4.36. The van der Waals surface area contributed by atoms with Crippen molar-refractivity contribution in [3.8, 4) is 17.2 Å². The topological polar surface area (TPSA) is 48.7 Å². The van der Waals surface area contributed by atoms with Crippen LogP contribution in [0.15, 0.2) is 45.6 Å². The van der Waals surface area contributed by atoms with Gasteiger partial charge in [-0.1, -0.05) is 25.5 Å². The molecular formula is C22H24O4. The van der Waals surface area contributed by atoms with Crippen molar-refractivity contribution in [3.05, 3.63) is 63.5 Å². The third-order valence-electron chi connectivity index (χ3n) is 4.36. The molecule has 0 aliphatic rings. The Morgan fingerprint density at radius 2 is 1.73 bits per heavy atom. The lowest BCUT2D eigenvalue weighted by Gasteiger charge is -2.12. The first-order valence-electron chi connectivity index (χ1n) is 9.01. The van der Waals surface area contributed by atoms with Crippen LogP contribution in [0.1, 0.15) is 37.2 Å². The molecule has 4 heteroatoms. The standard InChI is InChI=1S/C22H24O4/c1-5-7-16-8-10-17(11-9-16)26-22-15(4)25-21-14(3)19(24-6-2)13-12-18(21)20(22)23/h8-13H,5-7H2,1-4H3. The molecular weight excluding hydrogens is 328 g/mol. The zero-order valence-corrected chi connectivity index (χ0v) is 15.7. The van der Waals surface area contributed by atoms with E-state index in [2.05, 4.69) is 6.92 Å². The summed E-state index contributed by atoms with van der Waals surface area (Å²) in [5, 5.41) is 0.495. The lowest BCUT2D eigenvalue weighted by atomic mass is 10.1. The largest absolute Gasteiger partial charge is 0.493 e. The van der Waals surface area contributed by atoms with Crippen LogP contribution in [-0.2, 0) is 6.42 Å². The predicted molar refractivity (Wildman–Crippen MR) is 104 cm³/mol. The second kappa shape index (κ2) is 7.65. The van der Waals surface area contributed by atoms with Gasteiger partial charge >= 0.3 is 0 Å². The van der Waals surface area contributed by atoms with Gasteiger partial charge in [-0.15, -0.1) is 0 Å². The van der Waals surface area contributed by atoms with E-state index in [1.807, 2.05) is 38.1 Å². The minimum absolute atomic E-state index is 0.174. The highest BCUT2D eigenvalue weighted by Crippen LogP contribution is 2.30. The summed E-state index contributed by atoms with van der Waals surface area (Å²) in [5.41, 5.74) is 2.44. The molecule has 0 N–H and O–H groups in total. The van der Waals surface area contributed by atoms with Crippen molar-refractivity contribution in [3.63, 3.8) is 0 Å². The molecule has 0 unspecified atom stereocenters. The molecule has 0 spiro atoms. The summed E-state index contributed by atoms with van der Waals surface area (Å²) >= 11 is 0. The van der Waals surface area contributed by atoms with E-state index in [1.54, 1.807) is 19.1 Å². The molecule has 1 aromatic heterocycles. The van der Waals surface area contributed by atoms with Crippen LogP contribution in [0.3, 0.4) is 0 Å². The minimum atomic E-state index is -0.174. The van der Waals surface area contributed by atoms with Gasteiger partial charge < -0.3 is 13.9 Å². The summed E-state index contributed by atoms with van der Waals surface area (Å²) in [4.78, 5) is 12.9. The number of benzene rings is 2. The molecule has 0 bridgehead atoms. The average Bonchev–Trinajstić information content (AvgIpc) is 2.63. The van der Waals surface area contributed by atoms with E-state index in [1.165, 1.54) is 5.56 Å². The maximum atomic E-state index is 12.9. The zero-order valence-electron chi connectivity index (χ0n) is 15.7. The molecule has 26 heavy (non-hydrogen) atoms. The number of ether oxygens (including phenoxy) is 2. The quantitative estimate of drug-likeness (QED) is 0.583. The molecule has 0 aliphatic heterocycles. The van der Waals surface area contributed by atoms with Gasteiger partial charge in [-0.2, -0.15) is 0 Å². The van der Waals surface area contributed by atoms with Crippen molar-refractivity contribution in [2.24, 2.45) is 0 Å². The fourth-order valence-electron chi connectivity index (χ4n) is 3.03. The molecule has 136 valence electrons. The number of hydrogen-bond acceptors (Lipinski definition) is 4. The van der Waals surface area contributed by atoms with Crippen molar-refractivity contribution in [2.75, 3.05) is 6.61 Å². The lowest BCUT2D eigenvalue weighted by molar-refractivity contribution is 0.337. The summed E-state index contributed by atoms with van der Waals surface area (Å²) in [7, 11) is 0. The Labute approximate surface area is 153 Å². The second-order valence-electron chi connectivity index (χ2n) is 6.31. The van der Waals surface area contributed by atoms with Gasteiger partial charge in [0.2, 0.25) is 11.2 Å². The number of rotatable bonds is 6. The summed E-state index contributed by atoms with van der Waals surface area (Å²) in [6, 6.07) is 11.4. The third kappa shape index (κ3) is 3.45. The van der Waals surface area contributed by atoms with E-state index >= 15 is 0 Å². The molecule has 3 aromatic rings. The number of fused-ring (bicyclic) bond motifs is 1. The van der Waals surface area contributed by atoms with Gasteiger partial charge in [0.1, 0.15) is 22.8 Å². The SMILES string of the molecule is CCCc1ccc(Oc2c(C)oc3c(C)c(OCC)ccc3c2=O)cc1. The van der Waals surface area contributed by atoms with E-state index < -0.39 is 0 Å². The monoisotopic (exact) mass is 352 g/mol. The van der Waals surface area contributed by atoms with Crippen molar-refractivity contribution in [2.45, 2.75) is 40.5 Å². The van der Waals surface area contributed by atoms with Crippen LogP contribution in [-0.4, -0.2) is 6.61 Å². The molecule has 0 aliphatic carbocycles. The van der Waals surface area contributed by atoms with E-state index in [0.29, 0.717) is 29.1 Å². The van der Waals surface area contributed by atoms with Crippen LogP contribution in [0.2, 0.25) is 0 Å². The average molecular weight is 352 g/mol. The Kier molecular flexibility index (Phi) is 5.31. The van der Waals surface area contributed by atoms with Crippen LogP contribution in [0.4, 0.5) is 0 Å². The van der Waals surface area contributed by atoms with Gasteiger partial charge in [0.15, 0.2) is 0 Å². The van der Waals surface area contributed by atoms with Crippen molar-refractivity contribution in [1.82, 2.24) is 0 Å². The van der Waals surface area contributed by atoms with Crippen molar-refractivity contribution in [1.29, 1.82) is 0 Å². The smallest absolute Gasteiger partial charge is 0.235 e. The van der Waals surface area contributed by atoms with E-state index in [4.69, 9.17) is 13.9 Å². The van der Waals surface area contributed by atoms with E-state index in [9.17, 15) is 4.79 Å². The molecule has 4 nitrogen and oxygen atoms in total. The van der Waals surface area contributed by atoms with Crippen molar-refractivity contribution < 1.29 is 13.9 Å². The fourth-order valence-corrected chi connectivity index (χ4v) is 3.03. The predicted octanol–water partition coefficient (Wildman–Crippen LogP) is 5.55. The molecule has 2 aromatic carbocycles. The molecule has 0 saturated heterocycles. The van der Waals surface area contributed by atoms with Crippen LogP contribution < -0.4 is 14.9 Å². The van der Waals surface area contributed by atoms with Crippen molar-refractivity contribution >= 4 is 11.0 Å². The highest BCUT2D eigenvalue weighted by molar-refractivity contribution is 5.83. The summed E-state index contributed by atoms with van der Waals surface area (Å²) in [6.45, 7) is 8.27. The molecule has 0 saturated carbocycles. The Hall–Kier alpha value is -2.75. The van der Waals surface area contributed by atoms with Crippen LogP contribution >= 0.6 is 0 Å². The van der Waals surface area contributed by atoms with Crippen LogP contribution in [0.5, 0.6) is 17.2 Å². The minimum Gasteiger partial charge on any atom is -0.493 e.